The van der Waals surface area contributed by atoms with Crippen LogP contribution >= 0.6 is 0 Å². The molecule has 168 valence electrons. The molecule has 11 heteroatoms. The largest absolute Gasteiger partial charge is 0.439 e. The average Bonchev–Trinajstić information content (AvgIpc) is 3.57. The van der Waals surface area contributed by atoms with Crippen molar-refractivity contribution in [2.75, 3.05) is 0 Å². The Morgan fingerprint density at radius 2 is 1.62 bits per heavy atom. The lowest BCUT2D eigenvalue weighted by Crippen LogP contribution is -2.26. The van der Waals surface area contributed by atoms with Crippen LogP contribution in [-0.4, -0.2) is 27.9 Å². The number of hydrogen-bond donors (Lipinski definition) is 2. The quantitative estimate of drug-likeness (QED) is 0.490. The number of nitrogens with zero attached hydrogens (tertiary/aromatic N) is 1. The molecule has 0 unspecified atom stereocenters. The molecular formula is C21H20FN3O5S2. The van der Waals surface area contributed by atoms with E-state index < -0.39 is 25.9 Å². The van der Waals surface area contributed by atoms with Crippen molar-refractivity contribution in [3.05, 3.63) is 78.2 Å². The van der Waals surface area contributed by atoms with Crippen LogP contribution in [0.25, 0.3) is 0 Å². The molecule has 0 aliphatic heterocycles. The molecule has 0 radical (unpaired) electrons. The maximum Gasteiger partial charge on any atom is 0.240 e. The van der Waals surface area contributed by atoms with Gasteiger partial charge in [0.1, 0.15) is 11.6 Å². The van der Waals surface area contributed by atoms with E-state index in [9.17, 15) is 21.2 Å². The van der Waals surface area contributed by atoms with E-state index in [-0.39, 0.29) is 28.3 Å². The van der Waals surface area contributed by atoms with E-state index in [4.69, 9.17) is 4.74 Å². The first kappa shape index (κ1) is 22.3. The van der Waals surface area contributed by atoms with Gasteiger partial charge in [-0.3, -0.25) is 0 Å². The van der Waals surface area contributed by atoms with E-state index in [0.717, 1.165) is 12.8 Å². The number of benzene rings is 2. The van der Waals surface area contributed by atoms with Crippen LogP contribution in [0.3, 0.4) is 0 Å². The summed E-state index contributed by atoms with van der Waals surface area (Å²) in [5.41, 5.74) is 0.577. The second-order valence-electron chi connectivity index (χ2n) is 7.26. The van der Waals surface area contributed by atoms with Gasteiger partial charge in [0.15, 0.2) is 0 Å². The summed E-state index contributed by atoms with van der Waals surface area (Å²) in [5.74, 6) is 0.0980. The van der Waals surface area contributed by atoms with Crippen LogP contribution in [-0.2, 0) is 26.6 Å². The van der Waals surface area contributed by atoms with Crippen LogP contribution in [0.2, 0.25) is 0 Å². The molecule has 1 saturated carbocycles. The van der Waals surface area contributed by atoms with Gasteiger partial charge in [0, 0.05) is 30.9 Å². The first-order valence-corrected chi connectivity index (χ1v) is 12.7. The zero-order valence-corrected chi connectivity index (χ0v) is 18.4. The highest BCUT2D eigenvalue weighted by molar-refractivity contribution is 7.90. The Morgan fingerprint density at radius 1 is 0.938 bits per heavy atom. The predicted molar refractivity (Wildman–Crippen MR) is 115 cm³/mol. The SMILES string of the molecule is O=S(=O)(NCc1ccc(Oc2cccc(F)c2)nc1)c1ccc(S(=O)(=O)NC2CC2)cc1. The van der Waals surface area contributed by atoms with Crippen molar-refractivity contribution in [2.24, 2.45) is 0 Å². The molecule has 1 heterocycles. The summed E-state index contributed by atoms with van der Waals surface area (Å²) in [5, 5.41) is 0. The number of pyridine rings is 1. The van der Waals surface area contributed by atoms with E-state index >= 15 is 0 Å². The van der Waals surface area contributed by atoms with Crippen molar-refractivity contribution in [1.29, 1.82) is 0 Å². The van der Waals surface area contributed by atoms with E-state index in [2.05, 4.69) is 14.4 Å². The molecule has 1 aliphatic carbocycles. The first-order chi connectivity index (χ1) is 15.2. The Hall–Kier alpha value is -2.86. The molecule has 1 aromatic heterocycles. The standard InChI is InChI=1S/C21H20FN3O5S2/c22-16-2-1-3-18(12-16)30-21-11-4-15(13-23-21)14-24-31(26,27)19-7-9-20(10-8-19)32(28,29)25-17-5-6-17/h1-4,7-13,17,24-25H,5-6,14H2. The Labute approximate surface area is 185 Å². The molecule has 2 aromatic carbocycles. The molecule has 3 aromatic rings. The molecule has 32 heavy (non-hydrogen) atoms. The lowest BCUT2D eigenvalue weighted by Gasteiger charge is -2.09. The number of sulfonamides is 2. The maximum atomic E-state index is 13.2. The molecule has 0 saturated heterocycles. The van der Waals surface area contributed by atoms with Gasteiger partial charge in [0.25, 0.3) is 0 Å². The highest BCUT2D eigenvalue weighted by Gasteiger charge is 2.28. The minimum Gasteiger partial charge on any atom is -0.439 e. The monoisotopic (exact) mass is 477 g/mol. The Bertz CT molecular complexity index is 1310. The fourth-order valence-corrected chi connectivity index (χ4v) is 5.10. The molecule has 0 amide bonds. The Balaban J connectivity index is 1.37. The van der Waals surface area contributed by atoms with Crippen molar-refractivity contribution in [3.8, 4) is 11.6 Å². The molecule has 8 nitrogen and oxygen atoms in total. The summed E-state index contributed by atoms with van der Waals surface area (Å²) in [4.78, 5) is 4.05. The predicted octanol–water partition coefficient (Wildman–Crippen LogP) is 2.93. The normalized spacial score (nSPS) is 14.3. The van der Waals surface area contributed by atoms with Crippen molar-refractivity contribution in [1.82, 2.24) is 14.4 Å². The number of halogens is 1. The summed E-state index contributed by atoms with van der Waals surface area (Å²) < 4.78 is 73.1. The van der Waals surface area contributed by atoms with Gasteiger partial charge in [-0.15, -0.1) is 0 Å². The third kappa shape index (κ3) is 5.68. The van der Waals surface area contributed by atoms with Crippen molar-refractivity contribution in [3.63, 3.8) is 0 Å². The molecule has 0 spiro atoms. The van der Waals surface area contributed by atoms with Crippen molar-refractivity contribution in [2.45, 2.75) is 35.2 Å². The van der Waals surface area contributed by atoms with Gasteiger partial charge in [-0.2, -0.15) is 0 Å². The molecule has 2 N–H and O–H groups in total. The topological polar surface area (TPSA) is 114 Å². The van der Waals surface area contributed by atoms with Gasteiger partial charge in [0.05, 0.1) is 9.79 Å². The van der Waals surface area contributed by atoms with E-state index in [0.29, 0.717) is 11.3 Å². The summed E-state index contributed by atoms with van der Waals surface area (Å²) in [6.45, 7) is -0.0289. The van der Waals surface area contributed by atoms with E-state index in [1.54, 1.807) is 18.2 Å². The molecule has 1 aliphatic rings. The third-order valence-electron chi connectivity index (χ3n) is 4.63. The molecular weight excluding hydrogens is 457 g/mol. The van der Waals surface area contributed by atoms with Gasteiger partial charge in [-0.25, -0.2) is 35.7 Å². The van der Waals surface area contributed by atoms with Gasteiger partial charge >= 0.3 is 0 Å². The molecule has 1 fully saturated rings. The summed E-state index contributed by atoms with van der Waals surface area (Å²) in [6.07, 6.45) is 3.06. The highest BCUT2D eigenvalue weighted by atomic mass is 32.2. The lowest BCUT2D eigenvalue weighted by atomic mass is 10.3. The smallest absolute Gasteiger partial charge is 0.240 e. The molecule has 0 atom stereocenters. The fourth-order valence-electron chi connectivity index (χ4n) is 2.78. The second-order valence-corrected chi connectivity index (χ2v) is 10.7. The summed E-state index contributed by atoms with van der Waals surface area (Å²) in [6, 6.07) is 13.8. The zero-order valence-electron chi connectivity index (χ0n) is 16.7. The number of nitrogens with one attached hydrogen (secondary N) is 2. The maximum absolute atomic E-state index is 13.2. The highest BCUT2D eigenvalue weighted by Crippen LogP contribution is 2.23. The van der Waals surface area contributed by atoms with Crippen LogP contribution in [0, 0.1) is 5.82 Å². The van der Waals surface area contributed by atoms with Crippen molar-refractivity contribution < 1.29 is 26.0 Å². The average molecular weight is 478 g/mol. The Kier molecular flexibility index (Phi) is 6.24. The van der Waals surface area contributed by atoms with Gasteiger partial charge in [0.2, 0.25) is 25.9 Å². The molecule has 0 bridgehead atoms. The zero-order chi connectivity index (χ0) is 22.8. The minimum atomic E-state index is -3.86. The first-order valence-electron chi connectivity index (χ1n) is 9.72. The van der Waals surface area contributed by atoms with Gasteiger partial charge < -0.3 is 4.74 Å². The minimum absolute atomic E-state index is 0.0152. The van der Waals surface area contributed by atoms with E-state index in [1.165, 1.54) is 48.7 Å². The summed E-state index contributed by atoms with van der Waals surface area (Å²) in [7, 11) is -7.51. The fraction of sp³-hybridized carbons (Fsp3) is 0.190. The van der Waals surface area contributed by atoms with Crippen LogP contribution in [0.4, 0.5) is 4.39 Å². The van der Waals surface area contributed by atoms with Gasteiger partial charge in [-0.05, 0) is 54.8 Å². The summed E-state index contributed by atoms with van der Waals surface area (Å²) >= 11 is 0. The molecule has 4 rings (SSSR count). The second kappa shape index (κ2) is 8.94. The lowest BCUT2D eigenvalue weighted by molar-refractivity contribution is 0.457. The number of aromatic nitrogens is 1. The van der Waals surface area contributed by atoms with Crippen LogP contribution in [0.1, 0.15) is 18.4 Å². The van der Waals surface area contributed by atoms with Gasteiger partial charge in [-0.1, -0.05) is 12.1 Å². The van der Waals surface area contributed by atoms with E-state index in [1.807, 2.05) is 0 Å². The number of rotatable bonds is 9. The van der Waals surface area contributed by atoms with Crippen LogP contribution in [0.15, 0.2) is 76.7 Å². The third-order valence-corrected chi connectivity index (χ3v) is 7.58. The number of ether oxygens (including phenoxy) is 1. The Morgan fingerprint density at radius 3 is 2.22 bits per heavy atom. The van der Waals surface area contributed by atoms with Crippen LogP contribution < -0.4 is 14.2 Å². The van der Waals surface area contributed by atoms with Crippen LogP contribution in [0.5, 0.6) is 11.6 Å². The van der Waals surface area contributed by atoms with Crippen molar-refractivity contribution >= 4 is 20.0 Å². The number of hydrogen-bond acceptors (Lipinski definition) is 6.